The van der Waals surface area contributed by atoms with Gasteiger partial charge >= 0.3 is 6.09 Å². The van der Waals surface area contributed by atoms with Crippen LogP contribution in [0.1, 0.15) is 74.0 Å². The van der Waals surface area contributed by atoms with Gasteiger partial charge in [-0.05, 0) is 77.1 Å². The van der Waals surface area contributed by atoms with Gasteiger partial charge in [0.05, 0.1) is 48.7 Å². The van der Waals surface area contributed by atoms with Crippen LogP contribution < -0.4 is 15.4 Å². The van der Waals surface area contributed by atoms with E-state index in [9.17, 15) is 19.5 Å². The molecule has 1 unspecified atom stereocenters. The predicted octanol–water partition coefficient (Wildman–Crippen LogP) is 6.50. The van der Waals surface area contributed by atoms with Crippen LogP contribution in [-0.4, -0.2) is 106 Å². The lowest BCUT2D eigenvalue weighted by atomic mass is 9.92. The number of nitrogens with zero attached hydrogens (tertiary/aromatic N) is 4. The number of hydrogen-bond donors (Lipinski definition) is 5. The quantitative estimate of drug-likeness (QED) is 0.0796. The molecule has 0 saturated carbocycles. The number of aromatic nitrogens is 4. The molecular formula is C48H54N8O8. The van der Waals surface area contributed by atoms with E-state index in [1.54, 1.807) is 7.11 Å². The Morgan fingerprint density at radius 2 is 1.77 bits per heavy atom. The molecule has 0 aliphatic carbocycles. The summed E-state index contributed by atoms with van der Waals surface area (Å²) in [4.78, 5) is 60.8. The summed E-state index contributed by atoms with van der Waals surface area (Å²) in [5.74, 6) is 1.74. The van der Waals surface area contributed by atoms with Crippen LogP contribution >= 0.6 is 0 Å². The Hall–Kier alpha value is -6.33. The molecule has 3 aliphatic rings. The van der Waals surface area contributed by atoms with Crippen molar-refractivity contribution in [3.63, 3.8) is 0 Å². The smallest absolute Gasteiger partial charge is 0.407 e. The second-order valence-corrected chi connectivity index (χ2v) is 17.2. The molecule has 6 atom stereocenters. The number of fused-ring (bicyclic) bond motifs is 6. The van der Waals surface area contributed by atoms with Gasteiger partial charge in [-0.25, -0.2) is 14.8 Å². The number of likely N-dealkylation sites (tertiary alicyclic amines) is 2. The summed E-state index contributed by atoms with van der Waals surface area (Å²) < 4.78 is 21.9. The summed E-state index contributed by atoms with van der Waals surface area (Å²) >= 11 is 0. The zero-order valence-corrected chi connectivity index (χ0v) is 36.6. The van der Waals surface area contributed by atoms with E-state index in [-0.39, 0.29) is 35.7 Å². The standard InChI is InChI=1S/C48H54N8O8/c1-26(2)40(53-47(59)62-4)45(57)55-17-9-12-37(55)43-49-22-36(51-43)30-13-15-32-31(19-30)25-64-39-21-33-29(20-34(32)39)14-16-35-42(33)52-44(50-35)38-18-27(24-61-3)23-56(38)46(58)41(54-48(60)63-5)28-10-7-6-8-11-28/h6-8,10-11,13-16,19-22,26-27,37-38,40-41,48,54,60H,9,12,17-18,23-25H2,1-5H3,(H,49,51)(H,50,52)(H,53,59)/t27-,37+,38+,40+,41-,48?/m1/s1. The molecule has 2 aromatic heterocycles. The lowest BCUT2D eigenvalue weighted by molar-refractivity contribution is -0.143. The van der Waals surface area contributed by atoms with Crippen LogP contribution in [0, 0.1) is 11.8 Å². The first kappa shape index (κ1) is 42.9. The highest BCUT2D eigenvalue weighted by atomic mass is 16.6. The number of methoxy groups -OCH3 is 3. The highest BCUT2D eigenvalue weighted by molar-refractivity contribution is 6.07. The van der Waals surface area contributed by atoms with Gasteiger partial charge in [0.1, 0.15) is 36.1 Å². The first-order valence-corrected chi connectivity index (χ1v) is 21.8. The number of ether oxygens (including phenoxy) is 4. The number of aromatic amines is 2. The number of aliphatic hydroxyl groups is 1. The van der Waals surface area contributed by atoms with E-state index in [1.165, 1.54) is 14.2 Å². The minimum atomic E-state index is -1.34. The van der Waals surface area contributed by atoms with Gasteiger partial charge in [-0.3, -0.25) is 14.9 Å². The Morgan fingerprint density at radius 3 is 2.53 bits per heavy atom. The zero-order valence-electron chi connectivity index (χ0n) is 36.6. The molecule has 0 spiro atoms. The molecule has 0 bridgehead atoms. The van der Waals surface area contributed by atoms with E-state index in [0.29, 0.717) is 49.9 Å². The van der Waals surface area contributed by atoms with Crippen molar-refractivity contribution in [3.05, 3.63) is 102 Å². The SMILES string of the molecule is COC[C@@H]1C[C@@H](c2nc3c(ccc4cc5c(cc43)OCc3cc(-c4cnc([C@@H]6CCCN6C(=O)[C@@H](NC(=O)OC)C(C)C)[nH]4)ccc3-5)[nH]2)N(C(=O)[C@H](NC(O)OC)c2ccccc2)C1. The summed E-state index contributed by atoms with van der Waals surface area (Å²) in [5.41, 5.74) is 7.22. The number of H-pyrrole nitrogens is 2. The molecule has 0 radical (unpaired) electrons. The Bertz CT molecular complexity index is 2680. The van der Waals surface area contributed by atoms with Crippen molar-refractivity contribution in [1.82, 2.24) is 40.4 Å². The van der Waals surface area contributed by atoms with Crippen molar-refractivity contribution >= 4 is 39.7 Å². The number of benzene rings is 4. The van der Waals surface area contributed by atoms with Gasteiger partial charge in [0.2, 0.25) is 18.2 Å². The molecule has 5 heterocycles. The van der Waals surface area contributed by atoms with Crippen molar-refractivity contribution in [2.24, 2.45) is 11.8 Å². The lowest BCUT2D eigenvalue weighted by Crippen LogP contribution is -2.51. The van der Waals surface area contributed by atoms with E-state index in [4.69, 9.17) is 28.9 Å². The third-order valence-corrected chi connectivity index (χ3v) is 12.8. The van der Waals surface area contributed by atoms with Crippen LogP contribution in [-0.2, 0) is 30.4 Å². The van der Waals surface area contributed by atoms with Gasteiger partial charge in [-0.2, -0.15) is 0 Å². The molecule has 64 heavy (non-hydrogen) atoms. The molecule has 4 aromatic carbocycles. The molecule has 16 heteroatoms. The van der Waals surface area contributed by atoms with Crippen molar-refractivity contribution < 1.29 is 38.4 Å². The number of imidazole rings is 2. The average Bonchev–Trinajstić information content (AvgIpc) is 4.15. The van der Waals surface area contributed by atoms with Gasteiger partial charge in [-0.15, -0.1) is 0 Å². The van der Waals surface area contributed by atoms with E-state index >= 15 is 0 Å². The van der Waals surface area contributed by atoms with Crippen LogP contribution in [0.3, 0.4) is 0 Å². The molecule has 3 aliphatic heterocycles. The van der Waals surface area contributed by atoms with Crippen molar-refractivity contribution in [3.8, 4) is 28.1 Å². The third kappa shape index (κ3) is 8.17. The molecule has 16 nitrogen and oxygen atoms in total. The van der Waals surface area contributed by atoms with E-state index < -0.39 is 24.6 Å². The highest BCUT2D eigenvalue weighted by Gasteiger charge is 2.42. The number of alkyl carbamates (subject to hydrolysis) is 1. The van der Waals surface area contributed by atoms with Gasteiger partial charge in [0.15, 0.2) is 0 Å². The van der Waals surface area contributed by atoms with Crippen LogP contribution in [0.2, 0.25) is 0 Å². The number of carbonyl (C=O) groups excluding carboxylic acids is 3. The summed E-state index contributed by atoms with van der Waals surface area (Å²) in [7, 11) is 4.33. The largest absolute Gasteiger partial charge is 0.488 e. The number of hydrogen-bond acceptors (Lipinski definition) is 11. The number of amides is 3. The maximum atomic E-state index is 14.5. The molecule has 334 valence electrons. The normalized spacial score (nSPS) is 19.6. The molecule has 2 fully saturated rings. The predicted molar refractivity (Wildman–Crippen MR) is 239 cm³/mol. The van der Waals surface area contributed by atoms with Crippen LogP contribution in [0.5, 0.6) is 5.75 Å². The van der Waals surface area contributed by atoms with E-state index in [2.05, 4.69) is 57.0 Å². The summed E-state index contributed by atoms with van der Waals surface area (Å²) in [6.07, 6.45) is 2.08. The van der Waals surface area contributed by atoms with Gasteiger partial charge in [0, 0.05) is 44.2 Å². The van der Waals surface area contributed by atoms with E-state index in [0.717, 1.165) is 68.3 Å². The van der Waals surface area contributed by atoms with Gasteiger partial charge in [0.25, 0.3) is 0 Å². The number of aliphatic hydroxyl groups excluding tert-OH is 1. The fourth-order valence-electron chi connectivity index (χ4n) is 9.59. The Labute approximate surface area is 370 Å². The monoisotopic (exact) mass is 870 g/mol. The van der Waals surface area contributed by atoms with Crippen LogP contribution in [0.4, 0.5) is 4.79 Å². The highest BCUT2D eigenvalue weighted by Crippen LogP contribution is 2.44. The minimum Gasteiger partial charge on any atom is -0.488 e. The summed E-state index contributed by atoms with van der Waals surface area (Å²) in [5, 5.41) is 18.0. The zero-order chi connectivity index (χ0) is 44.6. The number of carbonyl (C=O) groups is 3. The Morgan fingerprint density at radius 1 is 0.938 bits per heavy atom. The fraction of sp³-hybridized carbons (Fsp3) is 0.396. The second-order valence-electron chi connectivity index (χ2n) is 17.2. The molecule has 6 aromatic rings. The summed E-state index contributed by atoms with van der Waals surface area (Å²) in [6, 6.07) is 21.8. The topological polar surface area (TPSA) is 196 Å². The maximum absolute atomic E-state index is 14.5. The van der Waals surface area contributed by atoms with Gasteiger partial charge < -0.3 is 49.1 Å². The van der Waals surface area contributed by atoms with E-state index in [1.807, 2.05) is 66.2 Å². The first-order valence-electron chi connectivity index (χ1n) is 21.8. The number of nitrogens with one attached hydrogen (secondary N) is 4. The van der Waals surface area contributed by atoms with Crippen LogP contribution in [0.25, 0.3) is 44.2 Å². The van der Waals surface area contributed by atoms with Crippen molar-refractivity contribution in [1.29, 1.82) is 0 Å². The minimum absolute atomic E-state index is 0.0816. The molecule has 5 N–H and O–H groups in total. The van der Waals surface area contributed by atoms with Crippen LogP contribution in [0.15, 0.2) is 79.0 Å². The molecule has 9 rings (SSSR count). The Balaban J connectivity index is 0.976. The second kappa shape index (κ2) is 18.0. The van der Waals surface area contributed by atoms with Crippen molar-refractivity contribution in [2.45, 2.75) is 70.3 Å². The van der Waals surface area contributed by atoms with Gasteiger partial charge in [-0.1, -0.05) is 62.4 Å². The average molecular weight is 871 g/mol. The lowest BCUT2D eigenvalue weighted by Gasteiger charge is -2.30. The Kier molecular flexibility index (Phi) is 12.1. The fourth-order valence-corrected chi connectivity index (χ4v) is 9.59. The molecular weight excluding hydrogens is 817 g/mol. The third-order valence-electron chi connectivity index (χ3n) is 12.8. The first-order chi connectivity index (χ1) is 31.0. The van der Waals surface area contributed by atoms with Crippen molar-refractivity contribution in [2.75, 3.05) is 41.0 Å². The number of rotatable bonds is 13. The molecule has 3 amide bonds. The summed E-state index contributed by atoms with van der Waals surface area (Å²) in [6.45, 7) is 5.70. The molecule has 2 saturated heterocycles. The maximum Gasteiger partial charge on any atom is 0.407 e.